The van der Waals surface area contributed by atoms with Crippen molar-refractivity contribution < 1.29 is 12.6 Å². The van der Waals surface area contributed by atoms with Crippen molar-refractivity contribution in [1.82, 2.24) is 3.71 Å². The Morgan fingerprint density at radius 3 is 2.26 bits per heavy atom. The van der Waals surface area contributed by atoms with E-state index in [0.717, 1.165) is 9.27 Å². The number of aryl methyl sites for hydroxylation is 1. The lowest BCUT2D eigenvalue weighted by Crippen LogP contribution is -2.44. The van der Waals surface area contributed by atoms with Gasteiger partial charge in [0.05, 0.1) is 16.2 Å². The summed E-state index contributed by atoms with van der Waals surface area (Å²) < 4.78 is 38.4. The lowest BCUT2D eigenvalue weighted by molar-refractivity contribution is 0.499. The summed E-state index contributed by atoms with van der Waals surface area (Å²) in [6.07, 6.45) is 3.57. The van der Waals surface area contributed by atoms with Gasteiger partial charge >= 0.3 is 0 Å². The summed E-state index contributed by atoms with van der Waals surface area (Å²) >= 11 is 0. The maximum Gasteiger partial charge on any atom is 0.254 e. The molecule has 4 nitrogen and oxygen atoms in total. The fourth-order valence-electron chi connectivity index (χ4n) is 1.91. The van der Waals surface area contributed by atoms with Crippen molar-refractivity contribution in [3.63, 3.8) is 0 Å². The van der Waals surface area contributed by atoms with Crippen LogP contribution in [0.5, 0.6) is 0 Å². The molecule has 1 heterocycles. The van der Waals surface area contributed by atoms with Gasteiger partial charge in [-0.1, -0.05) is 29.8 Å². The maximum atomic E-state index is 12.6. The second kappa shape index (κ2) is 5.19. The lowest BCUT2D eigenvalue weighted by atomic mass is 10.2. The molecule has 0 saturated heterocycles. The maximum absolute atomic E-state index is 12.6. The van der Waals surface area contributed by atoms with E-state index in [1.807, 2.05) is 6.92 Å². The van der Waals surface area contributed by atoms with Gasteiger partial charge in [-0.15, -0.1) is 3.71 Å². The molecule has 0 aliphatic carbocycles. The zero-order chi connectivity index (χ0) is 14.2. The minimum atomic E-state index is -3.73. The van der Waals surface area contributed by atoms with E-state index < -0.39 is 27.1 Å². The molecule has 2 rings (SSSR count). The summed E-state index contributed by atoms with van der Waals surface area (Å²) in [7, 11) is -5.30. The summed E-state index contributed by atoms with van der Waals surface area (Å²) in [5.74, 6) is 0. The topological polar surface area (TPSA) is 54.5 Å². The zero-order valence-corrected chi connectivity index (χ0v) is 12.7. The number of rotatable bonds is 2. The van der Waals surface area contributed by atoms with Crippen molar-refractivity contribution in [3.05, 3.63) is 42.0 Å². The molecular weight excluding hydrogens is 282 g/mol. The van der Waals surface area contributed by atoms with Crippen molar-refractivity contribution >= 4 is 21.0 Å². The number of benzene rings is 1. The number of sulfonamides is 1. The molecule has 0 spiro atoms. The molecular formula is C13H17NO3S2. The number of hydrogen-bond acceptors (Lipinski definition) is 3. The van der Waals surface area contributed by atoms with E-state index in [9.17, 15) is 12.6 Å². The Hall–Kier alpha value is -0.980. The molecule has 3 atom stereocenters. The molecule has 0 bridgehead atoms. The third kappa shape index (κ3) is 2.66. The largest absolute Gasteiger partial charge is 0.254 e. The molecule has 1 aromatic rings. The molecule has 6 heteroatoms. The first-order chi connectivity index (χ1) is 8.84. The standard InChI is InChI=1S/C13H17NO3S2/c1-10-4-8-13(9-5-10)19(16,17)14-11(2)6-7-12(3)18(14)15/h4-9,11-12H,1-3H3/t11-,12+,18-/m0/s1. The average molecular weight is 299 g/mol. The van der Waals surface area contributed by atoms with Gasteiger partial charge in [0.25, 0.3) is 10.0 Å². The Morgan fingerprint density at radius 2 is 1.68 bits per heavy atom. The second-order valence-electron chi connectivity index (χ2n) is 4.68. The Bertz CT molecular complexity index is 620. The van der Waals surface area contributed by atoms with Crippen LogP contribution in [-0.2, 0) is 21.0 Å². The van der Waals surface area contributed by atoms with Crippen LogP contribution >= 0.6 is 0 Å². The highest BCUT2D eigenvalue weighted by Crippen LogP contribution is 2.26. The van der Waals surface area contributed by atoms with Crippen LogP contribution in [-0.4, -0.2) is 27.6 Å². The van der Waals surface area contributed by atoms with Crippen LogP contribution in [0.1, 0.15) is 19.4 Å². The van der Waals surface area contributed by atoms with Gasteiger partial charge in [0.1, 0.15) is 11.0 Å². The molecule has 104 valence electrons. The van der Waals surface area contributed by atoms with E-state index in [1.165, 1.54) is 0 Å². The van der Waals surface area contributed by atoms with E-state index >= 15 is 0 Å². The average Bonchev–Trinajstić information content (AvgIpc) is 2.34. The molecule has 1 aromatic carbocycles. The van der Waals surface area contributed by atoms with Gasteiger partial charge < -0.3 is 0 Å². The fraction of sp³-hybridized carbons (Fsp3) is 0.385. The van der Waals surface area contributed by atoms with Gasteiger partial charge in [0.2, 0.25) is 0 Å². The quantitative estimate of drug-likeness (QED) is 0.785. The number of nitrogens with zero attached hydrogens (tertiary/aromatic N) is 1. The first-order valence-corrected chi connectivity index (χ1v) is 8.65. The lowest BCUT2D eigenvalue weighted by Gasteiger charge is -2.30. The highest BCUT2D eigenvalue weighted by molar-refractivity contribution is 8.01. The van der Waals surface area contributed by atoms with E-state index in [2.05, 4.69) is 0 Å². The van der Waals surface area contributed by atoms with Crippen molar-refractivity contribution in [1.29, 1.82) is 0 Å². The van der Waals surface area contributed by atoms with E-state index in [0.29, 0.717) is 0 Å². The van der Waals surface area contributed by atoms with Gasteiger partial charge in [-0.25, -0.2) is 12.6 Å². The molecule has 0 saturated carbocycles. The van der Waals surface area contributed by atoms with Crippen LogP contribution in [0.2, 0.25) is 0 Å². The molecule has 19 heavy (non-hydrogen) atoms. The van der Waals surface area contributed by atoms with Gasteiger partial charge in [0, 0.05) is 0 Å². The van der Waals surface area contributed by atoms with Gasteiger partial charge in [-0.2, -0.15) is 0 Å². The van der Waals surface area contributed by atoms with E-state index in [4.69, 9.17) is 0 Å². The molecule has 1 aliphatic heterocycles. The summed E-state index contributed by atoms with van der Waals surface area (Å²) in [5, 5.41) is -0.295. The van der Waals surface area contributed by atoms with Gasteiger partial charge in [-0.05, 0) is 32.9 Å². The zero-order valence-electron chi connectivity index (χ0n) is 11.1. The summed E-state index contributed by atoms with van der Waals surface area (Å²) in [5.41, 5.74) is 0.986. The normalized spacial score (nSPS) is 28.5. The smallest absolute Gasteiger partial charge is 0.241 e. The predicted molar refractivity (Wildman–Crippen MR) is 76.4 cm³/mol. The molecule has 0 aromatic heterocycles. The fourth-order valence-corrected chi connectivity index (χ4v) is 5.50. The first-order valence-electron chi connectivity index (χ1n) is 6.04. The van der Waals surface area contributed by atoms with Gasteiger partial charge in [0.15, 0.2) is 0 Å². The van der Waals surface area contributed by atoms with E-state index in [-0.39, 0.29) is 10.1 Å². The molecule has 0 unspecified atom stereocenters. The third-order valence-corrected chi connectivity index (χ3v) is 7.23. The Balaban J connectivity index is 2.47. The minimum Gasteiger partial charge on any atom is -0.241 e. The molecule has 0 radical (unpaired) electrons. The van der Waals surface area contributed by atoms with Crippen LogP contribution in [0.15, 0.2) is 41.3 Å². The minimum absolute atomic E-state index is 0.181. The second-order valence-corrected chi connectivity index (χ2v) is 8.42. The summed E-state index contributed by atoms with van der Waals surface area (Å²) in [6, 6.07) is 6.19. The predicted octanol–water partition coefficient (Wildman–Crippen LogP) is 2.00. The van der Waals surface area contributed by atoms with Crippen molar-refractivity contribution in [2.24, 2.45) is 0 Å². The van der Waals surface area contributed by atoms with Crippen LogP contribution in [0.25, 0.3) is 0 Å². The Kier molecular flexibility index (Phi) is 3.94. The van der Waals surface area contributed by atoms with Crippen LogP contribution in [0.4, 0.5) is 0 Å². The monoisotopic (exact) mass is 299 g/mol. The van der Waals surface area contributed by atoms with Crippen LogP contribution < -0.4 is 0 Å². The highest BCUT2D eigenvalue weighted by atomic mass is 32.3. The van der Waals surface area contributed by atoms with Crippen LogP contribution in [0, 0.1) is 6.92 Å². The molecule has 1 aliphatic rings. The van der Waals surface area contributed by atoms with Crippen molar-refractivity contribution in [2.75, 3.05) is 0 Å². The highest BCUT2D eigenvalue weighted by Gasteiger charge is 2.37. The molecule has 0 fully saturated rings. The molecule has 0 amide bonds. The SMILES string of the molecule is Cc1ccc(S(=O)(=O)N2[C@@H](C)C=C[C@@H](C)[S@@]2=O)cc1. The molecule has 0 N–H and O–H groups in total. The van der Waals surface area contributed by atoms with Crippen LogP contribution in [0.3, 0.4) is 0 Å². The summed E-state index contributed by atoms with van der Waals surface area (Å²) in [6.45, 7) is 5.37. The Morgan fingerprint density at radius 1 is 1.11 bits per heavy atom. The number of hydrogen-bond donors (Lipinski definition) is 0. The van der Waals surface area contributed by atoms with Gasteiger partial charge in [-0.3, -0.25) is 0 Å². The summed E-state index contributed by atoms with van der Waals surface area (Å²) in [4.78, 5) is 0.181. The Labute approximate surface area is 116 Å². The first kappa shape index (κ1) is 14.4. The third-order valence-electron chi connectivity index (χ3n) is 3.04. The van der Waals surface area contributed by atoms with E-state index in [1.54, 1.807) is 50.3 Å². The van der Waals surface area contributed by atoms with Crippen molar-refractivity contribution in [2.45, 2.75) is 37.0 Å². The van der Waals surface area contributed by atoms with Crippen molar-refractivity contribution in [3.8, 4) is 0 Å².